The fourth-order valence-electron chi connectivity index (χ4n) is 3.18. The number of hydrogen-bond donors (Lipinski definition) is 2. The Kier molecular flexibility index (Phi) is 5.22. The van der Waals surface area contributed by atoms with Gasteiger partial charge in [0.2, 0.25) is 0 Å². The Bertz CT molecular complexity index is 1310. The zero-order chi connectivity index (χ0) is 23.0. The third-order valence-corrected chi connectivity index (χ3v) is 4.48. The molecule has 2 heterocycles. The Labute approximate surface area is 176 Å². The summed E-state index contributed by atoms with van der Waals surface area (Å²) in [6.45, 7) is 0. The molecule has 3 N–H and O–H groups in total. The molecular formula is C20H12F5N5O2. The lowest BCUT2D eigenvalue weighted by Gasteiger charge is -2.12. The highest BCUT2D eigenvalue weighted by atomic mass is 19.4. The molecule has 2 aromatic heterocycles. The summed E-state index contributed by atoms with van der Waals surface area (Å²) >= 11 is 0. The molecule has 0 aliphatic rings. The van der Waals surface area contributed by atoms with Crippen molar-refractivity contribution in [2.45, 2.75) is 6.18 Å². The van der Waals surface area contributed by atoms with E-state index in [0.717, 1.165) is 30.5 Å². The van der Waals surface area contributed by atoms with E-state index in [1.165, 1.54) is 24.3 Å². The topological polar surface area (TPSA) is 99.0 Å². The zero-order valence-electron chi connectivity index (χ0n) is 15.8. The summed E-state index contributed by atoms with van der Waals surface area (Å²) in [6.07, 6.45) is -4.18. The van der Waals surface area contributed by atoms with Crippen LogP contribution in [0.15, 0.2) is 59.3 Å². The van der Waals surface area contributed by atoms with Crippen molar-refractivity contribution in [3.63, 3.8) is 0 Å². The van der Waals surface area contributed by atoms with Crippen LogP contribution in [0.4, 0.5) is 22.0 Å². The molecule has 0 aliphatic carbocycles. The lowest BCUT2D eigenvalue weighted by atomic mass is 10.0. The van der Waals surface area contributed by atoms with Crippen molar-refractivity contribution < 1.29 is 31.3 Å². The van der Waals surface area contributed by atoms with Gasteiger partial charge in [-0.2, -0.15) is 18.3 Å². The molecule has 12 heteroatoms. The van der Waals surface area contributed by atoms with Crippen LogP contribution in [-0.4, -0.2) is 20.8 Å². The van der Waals surface area contributed by atoms with Crippen molar-refractivity contribution in [3.8, 4) is 28.3 Å². The third kappa shape index (κ3) is 3.71. The van der Waals surface area contributed by atoms with Crippen molar-refractivity contribution in [1.82, 2.24) is 20.4 Å². The molecule has 32 heavy (non-hydrogen) atoms. The van der Waals surface area contributed by atoms with E-state index in [0.29, 0.717) is 4.68 Å². The van der Waals surface area contributed by atoms with Gasteiger partial charge in [-0.05, 0) is 30.3 Å². The molecule has 4 rings (SSSR count). The summed E-state index contributed by atoms with van der Waals surface area (Å²) in [5.74, 6) is 2.14. The fourth-order valence-corrected chi connectivity index (χ4v) is 3.18. The quantitative estimate of drug-likeness (QED) is 0.212. The van der Waals surface area contributed by atoms with Crippen LogP contribution < -0.4 is 11.3 Å². The maximum absolute atomic E-state index is 14.0. The van der Waals surface area contributed by atoms with E-state index in [2.05, 4.69) is 10.3 Å². The fraction of sp³-hybridized carbons (Fsp3) is 0.0500. The second kappa shape index (κ2) is 7.89. The van der Waals surface area contributed by atoms with Gasteiger partial charge in [-0.15, -0.1) is 0 Å². The molecule has 164 valence electrons. The number of halogens is 5. The normalized spacial score (nSPS) is 11.6. The van der Waals surface area contributed by atoms with Gasteiger partial charge in [0, 0.05) is 5.56 Å². The van der Waals surface area contributed by atoms with Crippen LogP contribution in [0.5, 0.6) is 0 Å². The number of carbonyl (C=O) groups is 1. The van der Waals surface area contributed by atoms with Crippen molar-refractivity contribution in [1.29, 1.82) is 0 Å². The van der Waals surface area contributed by atoms with Crippen LogP contribution in [0.1, 0.15) is 16.1 Å². The number of nitrogen functional groups attached to an aromatic ring is 1. The van der Waals surface area contributed by atoms with E-state index in [9.17, 15) is 26.7 Å². The number of hydrogen-bond acceptors (Lipinski definition) is 5. The van der Waals surface area contributed by atoms with E-state index in [1.807, 2.05) is 5.43 Å². The summed E-state index contributed by atoms with van der Waals surface area (Å²) in [7, 11) is 0. The third-order valence-electron chi connectivity index (χ3n) is 4.48. The van der Waals surface area contributed by atoms with Crippen LogP contribution in [0.2, 0.25) is 0 Å². The van der Waals surface area contributed by atoms with Crippen LogP contribution in [0.3, 0.4) is 0 Å². The minimum absolute atomic E-state index is 0.0738. The van der Waals surface area contributed by atoms with Crippen molar-refractivity contribution in [3.05, 3.63) is 77.6 Å². The van der Waals surface area contributed by atoms with E-state index >= 15 is 0 Å². The van der Waals surface area contributed by atoms with Gasteiger partial charge in [0.25, 0.3) is 5.91 Å². The molecular weight excluding hydrogens is 437 g/mol. The van der Waals surface area contributed by atoms with Crippen molar-refractivity contribution in [2.75, 3.05) is 0 Å². The Morgan fingerprint density at radius 2 is 1.75 bits per heavy atom. The van der Waals surface area contributed by atoms with E-state index in [-0.39, 0.29) is 16.9 Å². The first-order valence-corrected chi connectivity index (χ1v) is 8.88. The van der Waals surface area contributed by atoms with Gasteiger partial charge >= 0.3 is 6.18 Å². The van der Waals surface area contributed by atoms with E-state index in [4.69, 9.17) is 10.4 Å². The monoisotopic (exact) mass is 449 g/mol. The Balaban J connectivity index is 1.97. The summed E-state index contributed by atoms with van der Waals surface area (Å²) < 4.78 is 74.9. The largest absolute Gasteiger partial charge is 0.434 e. The SMILES string of the molecule is NNC(=O)c1c(-c2cccc(F)c2)noc1-c1cnn(-c2cccc(F)c2)c1C(F)(F)F. The molecule has 0 fully saturated rings. The summed E-state index contributed by atoms with van der Waals surface area (Å²) in [4.78, 5) is 12.4. The number of benzene rings is 2. The predicted octanol–water partition coefficient (Wildman–Crippen LogP) is 4.09. The molecule has 0 bridgehead atoms. The highest BCUT2D eigenvalue weighted by Crippen LogP contribution is 2.41. The molecule has 4 aromatic rings. The van der Waals surface area contributed by atoms with Gasteiger partial charge < -0.3 is 4.52 Å². The molecule has 0 unspecified atom stereocenters. The molecule has 0 atom stereocenters. The average molecular weight is 449 g/mol. The second-order valence-corrected chi connectivity index (χ2v) is 6.52. The van der Waals surface area contributed by atoms with Crippen LogP contribution in [-0.2, 0) is 6.18 Å². The van der Waals surface area contributed by atoms with Crippen molar-refractivity contribution >= 4 is 5.91 Å². The number of rotatable bonds is 4. The second-order valence-electron chi connectivity index (χ2n) is 6.52. The van der Waals surface area contributed by atoms with Gasteiger partial charge in [0.1, 0.15) is 22.9 Å². The first-order chi connectivity index (χ1) is 15.2. The molecule has 7 nitrogen and oxygen atoms in total. The summed E-state index contributed by atoms with van der Waals surface area (Å²) in [5.41, 5.74) is -0.984. The lowest BCUT2D eigenvalue weighted by molar-refractivity contribution is -0.142. The van der Waals surface area contributed by atoms with Gasteiger partial charge in [-0.3, -0.25) is 10.2 Å². The summed E-state index contributed by atoms with van der Waals surface area (Å²) in [5, 5.41) is 7.38. The minimum Gasteiger partial charge on any atom is -0.355 e. The number of alkyl halides is 3. The standard InChI is InChI=1S/C20H12F5N5O2/c21-11-4-1-3-10(7-11)16-15(19(31)28-26)17(32-29-16)14-9-27-30(18(14)20(23,24)25)13-6-2-5-12(22)8-13/h1-9H,26H2,(H,28,31). The number of nitrogens with two attached hydrogens (primary N) is 1. The number of hydrazine groups is 1. The van der Waals surface area contributed by atoms with Gasteiger partial charge in [0.05, 0.1) is 17.4 Å². The van der Waals surface area contributed by atoms with Crippen LogP contribution in [0, 0.1) is 11.6 Å². The van der Waals surface area contributed by atoms with Gasteiger partial charge in [-0.25, -0.2) is 19.3 Å². The first kappa shape index (κ1) is 21.2. The van der Waals surface area contributed by atoms with Crippen LogP contribution in [0.25, 0.3) is 28.3 Å². The molecule has 1 amide bonds. The molecule has 0 spiro atoms. The average Bonchev–Trinajstić information content (AvgIpc) is 3.37. The molecule has 0 radical (unpaired) electrons. The highest BCUT2D eigenvalue weighted by molar-refractivity contribution is 6.04. The summed E-state index contributed by atoms with van der Waals surface area (Å²) in [6, 6.07) is 9.24. The molecule has 0 aliphatic heterocycles. The number of nitrogens with one attached hydrogen (secondary N) is 1. The number of nitrogens with zero attached hydrogens (tertiary/aromatic N) is 3. The Morgan fingerprint density at radius 1 is 1.06 bits per heavy atom. The molecule has 0 saturated heterocycles. The number of carbonyl (C=O) groups excluding carboxylic acids is 1. The van der Waals surface area contributed by atoms with Crippen LogP contribution >= 0.6 is 0 Å². The number of aromatic nitrogens is 3. The number of amides is 1. The van der Waals surface area contributed by atoms with Crippen molar-refractivity contribution in [2.24, 2.45) is 5.84 Å². The Morgan fingerprint density at radius 3 is 2.38 bits per heavy atom. The molecule has 2 aromatic carbocycles. The lowest BCUT2D eigenvalue weighted by Crippen LogP contribution is -2.30. The van der Waals surface area contributed by atoms with Gasteiger partial charge in [-0.1, -0.05) is 23.4 Å². The highest BCUT2D eigenvalue weighted by Gasteiger charge is 2.41. The van der Waals surface area contributed by atoms with Gasteiger partial charge in [0.15, 0.2) is 11.5 Å². The zero-order valence-corrected chi connectivity index (χ0v) is 15.8. The first-order valence-electron chi connectivity index (χ1n) is 8.88. The van der Waals surface area contributed by atoms with E-state index in [1.54, 1.807) is 0 Å². The smallest absolute Gasteiger partial charge is 0.355 e. The minimum atomic E-state index is -4.99. The molecule has 0 saturated carbocycles. The van der Waals surface area contributed by atoms with E-state index < -0.39 is 46.3 Å². The maximum atomic E-state index is 14.0. The predicted molar refractivity (Wildman–Crippen MR) is 101 cm³/mol. The Hall–Kier alpha value is -4.06. The maximum Gasteiger partial charge on any atom is 0.434 e.